The molecule has 0 bridgehead atoms. The molecule has 1 aliphatic rings. The zero-order valence-corrected chi connectivity index (χ0v) is 16.6. The van der Waals surface area contributed by atoms with Crippen LogP contribution in [0.4, 0.5) is 10.1 Å². The van der Waals surface area contributed by atoms with Gasteiger partial charge in [0.15, 0.2) is 0 Å². The van der Waals surface area contributed by atoms with Crippen molar-refractivity contribution < 1.29 is 21.2 Å². The summed E-state index contributed by atoms with van der Waals surface area (Å²) in [7, 11) is -7.70. The van der Waals surface area contributed by atoms with Gasteiger partial charge in [0.2, 0.25) is 0 Å². The lowest BCUT2D eigenvalue weighted by Gasteiger charge is -2.11. The van der Waals surface area contributed by atoms with Crippen LogP contribution in [-0.4, -0.2) is 29.2 Å². The van der Waals surface area contributed by atoms with Crippen LogP contribution in [0.25, 0.3) is 0 Å². The normalized spacial score (nSPS) is 15.4. The molecule has 1 heterocycles. The van der Waals surface area contributed by atoms with Gasteiger partial charge in [0.05, 0.1) is 9.79 Å². The van der Waals surface area contributed by atoms with Crippen molar-refractivity contribution in [1.82, 2.24) is 4.72 Å². The molecule has 0 aliphatic carbocycles. The summed E-state index contributed by atoms with van der Waals surface area (Å²) in [5.74, 6) is -0.0992. The van der Waals surface area contributed by atoms with Gasteiger partial charge in [-0.25, -0.2) is 21.2 Å². The van der Waals surface area contributed by atoms with Gasteiger partial charge >= 0.3 is 0 Å². The molecule has 2 N–H and O–H groups in total. The van der Waals surface area contributed by atoms with Gasteiger partial charge in [0.1, 0.15) is 11.7 Å². The van der Waals surface area contributed by atoms with Gasteiger partial charge in [0, 0.05) is 18.7 Å². The molecule has 150 valence electrons. The van der Waals surface area contributed by atoms with Crippen molar-refractivity contribution in [2.24, 2.45) is 4.99 Å². The molecule has 7 nitrogen and oxygen atoms in total. The highest BCUT2D eigenvalue weighted by Crippen LogP contribution is 2.19. The Morgan fingerprint density at radius 3 is 1.96 bits per heavy atom. The van der Waals surface area contributed by atoms with E-state index in [-0.39, 0.29) is 15.5 Å². The van der Waals surface area contributed by atoms with Crippen molar-refractivity contribution in [2.45, 2.75) is 35.5 Å². The van der Waals surface area contributed by atoms with E-state index in [0.717, 1.165) is 43.5 Å². The summed E-state index contributed by atoms with van der Waals surface area (Å²) in [4.78, 5) is 4.15. The zero-order chi connectivity index (χ0) is 20.2. The van der Waals surface area contributed by atoms with E-state index in [0.29, 0.717) is 18.8 Å². The van der Waals surface area contributed by atoms with Crippen molar-refractivity contribution in [1.29, 1.82) is 0 Å². The molecule has 0 spiro atoms. The Labute approximate surface area is 163 Å². The maximum Gasteiger partial charge on any atom is 0.262 e. The summed E-state index contributed by atoms with van der Waals surface area (Å²) >= 11 is 0. The first-order valence-electron chi connectivity index (χ1n) is 8.71. The number of hydrogen-bond acceptors (Lipinski definition) is 5. The van der Waals surface area contributed by atoms with Crippen LogP contribution in [0.2, 0.25) is 0 Å². The third kappa shape index (κ3) is 5.08. The van der Waals surface area contributed by atoms with Crippen molar-refractivity contribution in [3.8, 4) is 0 Å². The summed E-state index contributed by atoms with van der Waals surface area (Å²) in [6.45, 7) is 0.599. The fraction of sp³-hybridized carbons (Fsp3) is 0.278. The second-order valence-electron chi connectivity index (χ2n) is 6.33. The molecular weight excluding hydrogens is 405 g/mol. The van der Waals surface area contributed by atoms with E-state index in [4.69, 9.17) is 0 Å². The van der Waals surface area contributed by atoms with Gasteiger partial charge < -0.3 is 0 Å². The summed E-state index contributed by atoms with van der Waals surface area (Å²) in [6.07, 6.45) is 3.41. The predicted octanol–water partition coefficient (Wildman–Crippen LogP) is 2.88. The number of nitrogens with zero attached hydrogens (tertiary/aromatic N) is 1. The van der Waals surface area contributed by atoms with Gasteiger partial charge in [-0.1, -0.05) is 6.42 Å². The summed E-state index contributed by atoms with van der Waals surface area (Å²) in [6, 6.07) is 9.71. The lowest BCUT2D eigenvalue weighted by Crippen LogP contribution is -2.30. The third-order valence-electron chi connectivity index (χ3n) is 4.17. The van der Waals surface area contributed by atoms with Gasteiger partial charge in [-0.2, -0.15) is 0 Å². The summed E-state index contributed by atoms with van der Waals surface area (Å²) < 4.78 is 67.4. The molecule has 2 aromatic carbocycles. The number of aliphatic imine (C=N–C) groups is 1. The van der Waals surface area contributed by atoms with Gasteiger partial charge in [-0.15, -0.1) is 0 Å². The molecule has 0 amide bonds. The van der Waals surface area contributed by atoms with E-state index in [1.807, 2.05) is 0 Å². The zero-order valence-electron chi connectivity index (χ0n) is 14.9. The standard InChI is InChI=1S/C18H20FN3O4S2/c19-14-5-9-16(10-6-14)27(23,24)21-15-7-11-17(12-8-15)28(25,26)22-18-4-2-1-3-13-20-18/h5-12,21H,1-4,13H2,(H,20,22). The monoisotopic (exact) mass is 425 g/mol. The fourth-order valence-corrected chi connectivity index (χ4v) is 4.85. The minimum atomic E-state index is -3.91. The second kappa shape index (κ2) is 8.27. The van der Waals surface area contributed by atoms with E-state index < -0.39 is 25.9 Å². The van der Waals surface area contributed by atoms with Crippen molar-refractivity contribution >= 4 is 31.6 Å². The fourth-order valence-electron chi connectivity index (χ4n) is 2.70. The molecule has 0 saturated heterocycles. The van der Waals surface area contributed by atoms with Crippen LogP contribution in [0, 0.1) is 5.82 Å². The molecule has 0 saturated carbocycles. The van der Waals surface area contributed by atoms with Crippen LogP contribution in [0.3, 0.4) is 0 Å². The number of anilines is 1. The van der Waals surface area contributed by atoms with Crippen LogP contribution in [0.15, 0.2) is 63.3 Å². The van der Waals surface area contributed by atoms with E-state index in [1.165, 1.54) is 24.3 Å². The number of rotatable bonds is 5. The smallest absolute Gasteiger partial charge is 0.262 e. The third-order valence-corrected chi connectivity index (χ3v) is 6.96. The number of amidine groups is 1. The van der Waals surface area contributed by atoms with Crippen molar-refractivity contribution in [3.05, 3.63) is 54.3 Å². The van der Waals surface area contributed by atoms with Crippen LogP contribution in [0.5, 0.6) is 0 Å². The van der Waals surface area contributed by atoms with Crippen LogP contribution in [-0.2, 0) is 20.0 Å². The molecule has 1 aliphatic heterocycles. The number of sulfonamides is 2. The number of nitrogens with one attached hydrogen (secondary N) is 2. The second-order valence-corrected chi connectivity index (χ2v) is 9.69. The largest absolute Gasteiger partial charge is 0.280 e. The van der Waals surface area contributed by atoms with E-state index >= 15 is 0 Å². The maximum absolute atomic E-state index is 13.0. The molecule has 28 heavy (non-hydrogen) atoms. The number of halogens is 1. The van der Waals surface area contributed by atoms with E-state index in [2.05, 4.69) is 14.4 Å². The minimum Gasteiger partial charge on any atom is -0.280 e. The Kier molecular flexibility index (Phi) is 5.99. The Balaban J connectivity index is 1.73. The number of hydrogen-bond donors (Lipinski definition) is 2. The van der Waals surface area contributed by atoms with Crippen molar-refractivity contribution in [3.63, 3.8) is 0 Å². The lowest BCUT2D eigenvalue weighted by molar-refractivity contribution is 0.591. The van der Waals surface area contributed by atoms with Crippen LogP contribution >= 0.6 is 0 Å². The average molecular weight is 426 g/mol. The quantitative estimate of drug-likeness (QED) is 0.768. The molecule has 0 radical (unpaired) electrons. The molecule has 2 aromatic rings. The van der Waals surface area contributed by atoms with Crippen molar-refractivity contribution in [2.75, 3.05) is 11.3 Å². The summed E-state index contributed by atoms with van der Waals surface area (Å²) in [5, 5.41) is 0. The molecular formula is C18H20FN3O4S2. The van der Waals surface area contributed by atoms with Gasteiger partial charge in [-0.3, -0.25) is 14.4 Å². The average Bonchev–Trinajstić information content (AvgIpc) is 2.90. The molecule has 10 heteroatoms. The van der Waals surface area contributed by atoms with Crippen LogP contribution in [0.1, 0.15) is 25.7 Å². The molecule has 3 rings (SSSR count). The Morgan fingerprint density at radius 2 is 1.32 bits per heavy atom. The molecule has 0 atom stereocenters. The Morgan fingerprint density at radius 1 is 0.750 bits per heavy atom. The Bertz CT molecular complexity index is 1060. The number of benzene rings is 2. The van der Waals surface area contributed by atoms with Crippen LogP contribution < -0.4 is 9.44 Å². The van der Waals surface area contributed by atoms with Gasteiger partial charge in [0.25, 0.3) is 20.0 Å². The molecule has 0 unspecified atom stereocenters. The minimum absolute atomic E-state index is 0.00387. The first kappa shape index (κ1) is 20.3. The highest BCUT2D eigenvalue weighted by Gasteiger charge is 2.18. The lowest BCUT2D eigenvalue weighted by atomic mass is 10.2. The van der Waals surface area contributed by atoms with E-state index in [1.54, 1.807) is 0 Å². The van der Waals surface area contributed by atoms with E-state index in [9.17, 15) is 21.2 Å². The van der Waals surface area contributed by atoms with Gasteiger partial charge in [-0.05, 0) is 61.4 Å². The highest BCUT2D eigenvalue weighted by atomic mass is 32.2. The highest BCUT2D eigenvalue weighted by molar-refractivity contribution is 7.92. The first-order chi connectivity index (χ1) is 13.3. The predicted molar refractivity (Wildman–Crippen MR) is 105 cm³/mol. The SMILES string of the molecule is O=S(=O)(NC1=NCCCCC1)c1ccc(NS(=O)(=O)c2ccc(F)cc2)cc1. The molecule has 0 fully saturated rings. The first-order valence-corrected chi connectivity index (χ1v) is 11.7. The summed E-state index contributed by atoms with van der Waals surface area (Å²) in [5.41, 5.74) is 0.190. The molecule has 0 aromatic heterocycles. The topological polar surface area (TPSA) is 105 Å². The Hall–Kier alpha value is -2.46. The maximum atomic E-state index is 13.0.